The first-order valence-electron chi connectivity index (χ1n) is 19.1. The number of amides is 1. The van der Waals surface area contributed by atoms with Crippen molar-refractivity contribution in [2.45, 2.75) is 135 Å². The Kier molecular flexibility index (Phi) is 14.6. The van der Waals surface area contributed by atoms with Crippen LogP contribution in [-0.4, -0.2) is 124 Å². The summed E-state index contributed by atoms with van der Waals surface area (Å²) >= 11 is 0. The van der Waals surface area contributed by atoms with Crippen molar-refractivity contribution in [3.8, 4) is 0 Å². The van der Waals surface area contributed by atoms with Crippen LogP contribution in [-0.2, 0) is 33.3 Å². The predicted octanol–water partition coefficient (Wildman–Crippen LogP) is 3.65. The third kappa shape index (κ3) is 9.92. The zero-order valence-electron chi connectivity index (χ0n) is 33.4. The van der Waals surface area contributed by atoms with Crippen LogP contribution in [0.1, 0.15) is 80.2 Å². The molecule has 1 aromatic heterocycles. The molecule has 0 spiro atoms. The molecule has 0 bridgehead atoms. The number of aromatic nitrogens is 1. The number of carbonyl (C=O) groups is 3. The Morgan fingerprint density at radius 3 is 2.41 bits per heavy atom. The molecule has 4 rings (SSSR count). The number of Topliss-reactive ketones (excluding diaryl/α,β-unsaturated/α-hetero) is 1. The summed E-state index contributed by atoms with van der Waals surface area (Å²) in [6.07, 6.45) is -0.251. The first-order chi connectivity index (χ1) is 25.3. The number of aliphatic hydroxyl groups is 3. The van der Waals surface area contributed by atoms with Gasteiger partial charge in [-0.25, -0.2) is 0 Å². The van der Waals surface area contributed by atoms with E-state index in [2.05, 4.69) is 10.3 Å². The van der Waals surface area contributed by atoms with Crippen molar-refractivity contribution in [2.24, 2.45) is 17.8 Å². The number of fused-ring (bicyclic) bond motifs is 1. The number of ether oxygens (including phenoxy) is 4. The average Bonchev–Trinajstić information content (AvgIpc) is 3.13. The van der Waals surface area contributed by atoms with E-state index in [0.717, 1.165) is 16.5 Å². The van der Waals surface area contributed by atoms with E-state index < -0.39 is 83.4 Å². The lowest BCUT2D eigenvalue weighted by Crippen LogP contribution is -2.60. The maximum Gasteiger partial charge on any atom is 0.316 e. The number of hydrogen-bond acceptors (Lipinski definition) is 12. The van der Waals surface area contributed by atoms with Crippen LogP contribution in [0.25, 0.3) is 17.0 Å². The first kappa shape index (κ1) is 43.4. The van der Waals surface area contributed by atoms with Crippen LogP contribution in [0.2, 0.25) is 0 Å². The quantitative estimate of drug-likeness (QED) is 0.228. The highest BCUT2D eigenvalue weighted by Crippen LogP contribution is 2.36. The molecular formula is C41H61N3O10. The Labute approximate surface area is 319 Å². The van der Waals surface area contributed by atoms with Crippen molar-refractivity contribution in [1.82, 2.24) is 15.2 Å². The minimum Gasteiger partial charge on any atom is -0.459 e. The van der Waals surface area contributed by atoms with E-state index in [1.54, 1.807) is 33.9 Å². The SMILES string of the molecule is CC[C@H]1OC(=O)[C@H](C)C(=O)[C@H](C)[C@@H](O[C@@H]2O[C@H](C)C[C@H](N(C)C)[C@H]2O)[C@](C)(OC/C=C/c2cnc3ccccc3c2)C[C@@H](C)NC(=O)[C@H](C)[C@H](O)[C@@]1(C)O. The molecule has 300 valence electrons. The molecule has 2 fully saturated rings. The number of carbonyl (C=O) groups excluding carboxylic acids is 3. The minimum atomic E-state index is -2.01. The maximum absolute atomic E-state index is 14.3. The smallest absolute Gasteiger partial charge is 0.316 e. The second-order valence-electron chi connectivity index (χ2n) is 15.9. The largest absolute Gasteiger partial charge is 0.459 e. The zero-order valence-corrected chi connectivity index (χ0v) is 33.4. The van der Waals surface area contributed by atoms with Crippen molar-refractivity contribution < 1.29 is 48.7 Å². The fourth-order valence-corrected chi connectivity index (χ4v) is 7.84. The lowest BCUT2D eigenvalue weighted by atomic mass is 9.79. The molecule has 13 heteroatoms. The number of ketones is 1. The fourth-order valence-electron chi connectivity index (χ4n) is 7.84. The van der Waals surface area contributed by atoms with Gasteiger partial charge in [-0.1, -0.05) is 51.1 Å². The topological polar surface area (TPSA) is 177 Å². The van der Waals surface area contributed by atoms with Gasteiger partial charge in [0.2, 0.25) is 5.91 Å². The van der Waals surface area contributed by atoms with E-state index in [4.69, 9.17) is 18.9 Å². The van der Waals surface area contributed by atoms with Gasteiger partial charge in [-0.15, -0.1) is 0 Å². The molecule has 1 amide bonds. The highest BCUT2D eigenvalue weighted by molar-refractivity contribution is 6.00. The summed E-state index contributed by atoms with van der Waals surface area (Å²) in [5, 5.41) is 38.1. The van der Waals surface area contributed by atoms with Crippen molar-refractivity contribution in [3.05, 3.63) is 48.2 Å². The standard InChI is InChI=1S/C41H61N3O10/c1-11-32-41(8,50)35(47)27(6)37(48)43-23(2)21-40(7,51-18-14-15-28-20-29-16-12-13-17-30(29)42-22-28)36(25(4)33(45)26(5)38(49)53-32)54-39-34(46)31(44(9)10)19-24(3)52-39/h12-17,20,22-27,31-32,34-36,39,46-47,50H,11,18-19,21H2,1-10H3,(H,43,48)/b15-14+/t23-,24-,25+,26-,27-,31+,32-,34-,35+,36-,39+,40-,41+/m1/s1. The van der Waals surface area contributed by atoms with Gasteiger partial charge in [0.05, 0.1) is 42.0 Å². The Balaban J connectivity index is 1.77. The summed E-state index contributed by atoms with van der Waals surface area (Å²) < 4.78 is 25.2. The van der Waals surface area contributed by atoms with Gasteiger partial charge in [0.1, 0.15) is 23.7 Å². The molecule has 0 radical (unpaired) electrons. The van der Waals surface area contributed by atoms with Crippen LogP contribution in [0.4, 0.5) is 0 Å². The summed E-state index contributed by atoms with van der Waals surface area (Å²) in [5.74, 6) is -5.38. The Morgan fingerprint density at radius 1 is 1.06 bits per heavy atom. The molecular weight excluding hydrogens is 694 g/mol. The van der Waals surface area contributed by atoms with E-state index in [9.17, 15) is 29.7 Å². The van der Waals surface area contributed by atoms with E-state index in [1.807, 2.05) is 68.4 Å². The molecule has 54 heavy (non-hydrogen) atoms. The zero-order chi connectivity index (χ0) is 40.1. The number of para-hydroxylation sites is 1. The number of hydrogen-bond donors (Lipinski definition) is 4. The Bertz CT molecular complexity index is 1630. The molecule has 2 saturated heterocycles. The molecule has 0 saturated carbocycles. The van der Waals surface area contributed by atoms with Crippen molar-refractivity contribution in [3.63, 3.8) is 0 Å². The predicted molar refractivity (Wildman–Crippen MR) is 204 cm³/mol. The number of esters is 1. The third-order valence-electron chi connectivity index (χ3n) is 11.1. The number of aliphatic hydroxyl groups excluding tert-OH is 2. The number of benzene rings is 1. The van der Waals surface area contributed by atoms with Gasteiger partial charge >= 0.3 is 5.97 Å². The molecule has 4 N–H and O–H groups in total. The van der Waals surface area contributed by atoms with Crippen LogP contribution >= 0.6 is 0 Å². The number of likely N-dealkylation sites (N-methyl/N-ethyl adjacent to an activating group) is 1. The summed E-state index contributed by atoms with van der Waals surface area (Å²) in [6, 6.07) is 8.89. The van der Waals surface area contributed by atoms with Gasteiger partial charge in [0.15, 0.2) is 12.1 Å². The number of pyridine rings is 1. The third-order valence-corrected chi connectivity index (χ3v) is 11.1. The Morgan fingerprint density at radius 2 is 1.74 bits per heavy atom. The van der Waals surface area contributed by atoms with Crippen LogP contribution in [0.5, 0.6) is 0 Å². The molecule has 0 unspecified atom stereocenters. The molecule has 2 aliphatic rings. The summed E-state index contributed by atoms with van der Waals surface area (Å²) in [7, 11) is 3.72. The second kappa shape index (κ2) is 18.1. The molecule has 0 aliphatic carbocycles. The molecule has 2 aromatic rings. The van der Waals surface area contributed by atoms with E-state index in [1.165, 1.54) is 20.8 Å². The highest BCUT2D eigenvalue weighted by atomic mass is 16.7. The maximum atomic E-state index is 14.3. The summed E-state index contributed by atoms with van der Waals surface area (Å²) in [6.45, 7) is 13.0. The minimum absolute atomic E-state index is 0.0589. The van der Waals surface area contributed by atoms with Crippen LogP contribution in [0.15, 0.2) is 42.6 Å². The first-order valence-corrected chi connectivity index (χ1v) is 19.1. The molecule has 3 heterocycles. The molecule has 13 nitrogen and oxygen atoms in total. The van der Waals surface area contributed by atoms with E-state index in [-0.39, 0.29) is 31.6 Å². The average molecular weight is 756 g/mol. The highest BCUT2D eigenvalue weighted by Gasteiger charge is 2.51. The summed E-state index contributed by atoms with van der Waals surface area (Å²) in [4.78, 5) is 48.0. The van der Waals surface area contributed by atoms with Crippen LogP contribution in [0, 0.1) is 17.8 Å². The number of cyclic esters (lactones) is 1. The number of nitrogens with zero attached hydrogens (tertiary/aromatic N) is 2. The van der Waals surface area contributed by atoms with Gasteiger partial charge in [-0.3, -0.25) is 19.4 Å². The molecule has 1 aromatic carbocycles. The van der Waals surface area contributed by atoms with Crippen molar-refractivity contribution >= 4 is 34.6 Å². The van der Waals surface area contributed by atoms with E-state index in [0.29, 0.717) is 6.42 Å². The van der Waals surface area contributed by atoms with Crippen LogP contribution < -0.4 is 5.32 Å². The second-order valence-corrected chi connectivity index (χ2v) is 15.9. The van der Waals surface area contributed by atoms with Gasteiger partial charge in [-0.05, 0) is 85.7 Å². The summed E-state index contributed by atoms with van der Waals surface area (Å²) in [5.41, 5.74) is -1.63. The van der Waals surface area contributed by atoms with Gasteiger partial charge < -0.3 is 44.5 Å². The molecule has 13 atom stereocenters. The van der Waals surface area contributed by atoms with Gasteiger partial charge in [-0.2, -0.15) is 0 Å². The van der Waals surface area contributed by atoms with Gasteiger partial charge in [0, 0.05) is 29.6 Å². The van der Waals surface area contributed by atoms with Crippen molar-refractivity contribution in [2.75, 3.05) is 20.7 Å². The van der Waals surface area contributed by atoms with Crippen LogP contribution in [0.3, 0.4) is 0 Å². The lowest BCUT2D eigenvalue weighted by molar-refractivity contribution is -0.296. The van der Waals surface area contributed by atoms with E-state index >= 15 is 0 Å². The number of rotatable bonds is 8. The Hall–Kier alpha value is -3.30. The lowest BCUT2D eigenvalue weighted by Gasteiger charge is -2.47. The van der Waals surface area contributed by atoms with Gasteiger partial charge in [0.25, 0.3) is 0 Å². The normalized spacial score (nSPS) is 37.9. The molecule has 2 aliphatic heterocycles. The fraction of sp³-hybridized carbons (Fsp3) is 0.659. The number of nitrogens with one attached hydrogen (secondary N) is 1. The van der Waals surface area contributed by atoms with Crippen molar-refractivity contribution in [1.29, 1.82) is 0 Å². The monoisotopic (exact) mass is 755 g/mol.